The number of likely N-dealkylation sites (N-methyl/N-ethyl adjacent to an activating group) is 1. The van der Waals surface area contributed by atoms with Crippen LogP contribution in [0.5, 0.6) is 0 Å². The quantitative estimate of drug-likeness (QED) is 0.770. The predicted molar refractivity (Wildman–Crippen MR) is 62.9 cm³/mol. The molecule has 1 aromatic heterocycles. The lowest BCUT2D eigenvalue weighted by molar-refractivity contribution is -0.123. The summed E-state index contributed by atoms with van der Waals surface area (Å²) in [5.41, 5.74) is 0. The van der Waals surface area contributed by atoms with E-state index >= 15 is 0 Å². The van der Waals surface area contributed by atoms with Crippen LogP contribution in [-0.2, 0) is 11.3 Å². The maximum atomic E-state index is 11.6. The van der Waals surface area contributed by atoms with Gasteiger partial charge < -0.3 is 9.73 Å². The van der Waals surface area contributed by atoms with E-state index in [0.29, 0.717) is 12.5 Å². The first-order valence-corrected chi connectivity index (χ1v) is 5.60. The molecule has 4 heteroatoms. The molecule has 1 amide bonds. The van der Waals surface area contributed by atoms with Crippen molar-refractivity contribution in [3.8, 4) is 0 Å². The molecule has 90 valence electrons. The second-order valence-corrected chi connectivity index (χ2v) is 4.26. The molecule has 0 aliphatic heterocycles. The number of furan rings is 1. The van der Waals surface area contributed by atoms with Gasteiger partial charge in [0.25, 0.3) is 0 Å². The summed E-state index contributed by atoms with van der Waals surface area (Å²) in [5.74, 6) is 1.35. The van der Waals surface area contributed by atoms with E-state index in [1.807, 2.05) is 12.1 Å². The summed E-state index contributed by atoms with van der Waals surface area (Å²) >= 11 is 0. The number of hydrogen-bond donors (Lipinski definition) is 2. The van der Waals surface area contributed by atoms with Gasteiger partial charge in [-0.15, -0.1) is 0 Å². The van der Waals surface area contributed by atoms with E-state index in [0.717, 1.165) is 12.2 Å². The molecule has 0 aliphatic rings. The molecule has 1 rings (SSSR count). The second kappa shape index (κ2) is 6.33. The largest absolute Gasteiger partial charge is 0.468 e. The van der Waals surface area contributed by atoms with Crippen LogP contribution in [0.3, 0.4) is 0 Å². The highest BCUT2D eigenvalue weighted by Gasteiger charge is 2.17. The first-order chi connectivity index (χ1) is 7.63. The van der Waals surface area contributed by atoms with Crippen LogP contribution in [0.25, 0.3) is 0 Å². The van der Waals surface area contributed by atoms with Crippen LogP contribution < -0.4 is 10.6 Å². The highest BCUT2D eigenvalue weighted by Crippen LogP contribution is 2.06. The Labute approximate surface area is 96.4 Å². The molecular formula is C12H20N2O2. The van der Waals surface area contributed by atoms with Gasteiger partial charge in [-0.3, -0.25) is 10.1 Å². The normalized spacial score (nSPS) is 12.8. The van der Waals surface area contributed by atoms with Gasteiger partial charge in [0.1, 0.15) is 5.76 Å². The van der Waals surface area contributed by atoms with Crippen LogP contribution in [0.2, 0.25) is 0 Å². The molecule has 2 N–H and O–H groups in total. The third-order valence-electron chi connectivity index (χ3n) is 2.37. The van der Waals surface area contributed by atoms with Crippen molar-refractivity contribution in [2.24, 2.45) is 5.92 Å². The zero-order valence-corrected chi connectivity index (χ0v) is 10.1. The number of nitrogens with one attached hydrogen (secondary N) is 2. The molecule has 1 unspecified atom stereocenters. The predicted octanol–water partition coefficient (Wildman–Crippen LogP) is 1.53. The zero-order valence-electron chi connectivity index (χ0n) is 10.1. The molecule has 0 fully saturated rings. The summed E-state index contributed by atoms with van der Waals surface area (Å²) in [6.45, 7) is 4.78. The third-order valence-corrected chi connectivity index (χ3v) is 2.37. The van der Waals surface area contributed by atoms with Crippen LogP contribution in [0.1, 0.15) is 26.0 Å². The molecular weight excluding hydrogens is 204 g/mol. The van der Waals surface area contributed by atoms with Crippen LogP contribution in [-0.4, -0.2) is 19.0 Å². The monoisotopic (exact) mass is 224 g/mol. The number of carbonyl (C=O) groups is 1. The SMILES string of the molecule is CNC(=O)C(CC(C)C)NCc1ccco1. The average molecular weight is 224 g/mol. The van der Waals surface area contributed by atoms with E-state index in [1.165, 1.54) is 0 Å². The molecule has 4 nitrogen and oxygen atoms in total. The van der Waals surface area contributed by atoms with Crippen molar-refractivity contribution in [2.75, 3.05) is 7.05 Å². The van der Waals surface area contributed by atoms with E-state index in [1.54, 1.807) is 13.3 Å². The van der Waals surface area contributed by atoms with Crippen molar-refractivity contribution in [1.29, 1.82) is 0 Å². The van der Waals surface area contributed by atoms with Gasteiger partial charge in [-0.05, 0) is 24.5 Å². The molecule has 0 spiro atoms. The Hall–Kier alpha value is -1.29. The van der Waals surface area contributed by atoms with Gasteiger partial charge in [0.2, 0.25) is 5.91 Å². The molecule has 0 saturated heterocycles. The molecule has 0 saturated carbocycles. The highest BCUT2D eigenvalue weighted by molar-refractivity contribution is 5.81. The van der Waals surface area contributed by atoms with E-state index in [2.05, 4.69) is 24.5 Å². The highest BCUT2D eigenvalue weighted by atomic mass is 16.3. The molecule has 1 heterocycles. The Morgan fingerprint density at radius 2 is 2.25 bits per heavy atom. The van der Waals surface area contributed by atoms with E-state index < -0.39 is 0 Å². The molecule has 1 atom stereocenters. The van der Waals surface area contributed by atoms with E-state index in [4.69, 9.17) is 4.42 Å². The van der Waals surface area contributed by atoms with Crippen molar-refractivity contribution >= 4 is 5.91 Å². The van der Waals surface area contributed by atoms with Gasteiger partial charge in [0.05, 0.1) is 18.8 Å². The number of hydrogen-bond acceptors (Lipinski definition) is 3. The lowest BCUT2D eigenvalue weighted by Gasteiger charge is -2.18. The topological polar surface area (TPSA) is 54.3 Å². The fourth-order valence-electron chi connectivity index (χ4n) is 1.57. The lowest BCUT2D eigenvalue weighted by atomic mass is 10.0. The maximum Gasteiger partial charge on any atom is 0.236 e. The van der Waals surface area contributed by atoms with Gasteiger partial charge in [0, 0.05) is 7.05 Å². The van der Waals surface area contributed by atoms with Crippen molar-refractivity contribution in [1.82, 2.24) is 10.6 Å². The van der Waals surface area contributed by atoms with Gasteiger partial charge in [-0.1, -0.05) is 13.8 Å². The maximum absolute atomic E-state index is 11.6. The third kappa shape index (κ3) is 4.06. The molecule has 16 heavy (non-hydrogen) atoms. The number of carbonyl (C=O) groups excluding carboxylic acids is 1. The summed E-state index contributed by atoms with van der Waals surface area (Å²) in [6.07, 6.45) is 2.45. The Kier molecular flexibility index (Phi) is 5.05. The smallest absolute Gasteiger partial charge is 0.236 e. The minimum absolute atomic E-state index is 0.0280. The fourth-order valence-corrected chi connectivity index (χ4v) is 1.57. The first kappa shape index (κ1) is 12.8. The molecule has 0 bridgehead atoms. The summed E-state index contributed by atoms with van der Waals surface area (Å²) in [4.78, 5) is 11.6. The molecule has 1 aromatic rings. The Bertz CT molecular complexity index is 307. The minimum Gasteiger partial charge on any atom is -0.468 e. The Morgan fingerprint density at radius 3 is 2.75 bits per heavy atom. The Morgan fingerprint density at radius 1 is 1.50 bits per heavy atom. The van der Waals surface area contributed by atoms with Gasteiger partial charge in [-0.2, -0.15) is 0 Å². The van der Waals surface area contributed by atoms with Crippen LogP contribution >= 0.6 is 0 Å². The summed E-state index contributed by atoms with van der Waals surface area (Å²) in [6, 6.07) is 3.58. The second-order valence-electron chi connectivity index (χ2n) is 4.26. The van der Waals surface area contributed by atoms with E-state index in [-0.39, 0.29) is 11.9 Å². The van der Waals surface area contributed by atoms with Crippen molar-refractivity contribution < 1.29 is 9.21 Å². The molecule has 0 aromatic carbocycles. The van der Waals surface area contributed by atoms with Crippen molar-refractivity contribution in [3.63, 3.8) is 0 Å². The van der Waals surface area contributed by atoms with Crippen molar-refractivity contribution in [2.45, 2.75) is 32.9 Å². The molecule has 0 aliphatic carbocycles. The fraction of sp³-hybridized carbons (Fsp3) is 0.583. The van der Waals surface area contributed by atoms with Gasteiger partial charge in [-0.25, -0.2) is 0 Å². The lowest BCUT2D eigenvalue weighted by Crippen LogP contribution is -2.43. The molecule has 0 radical (unpaired) electrons. The zero-order chi connectivity index (χ0) is 12.0. The summed E-state index contributed by atoms with van der Waals surface area (Å²) in [7, 11) is 1.66. The first-order valence-electron chi connectivity index (χ1n) is 5.60. The standard InChI is InChI=1S/C12H20N2O2/c1-9(2)7-11(12(15)13-3)14-8-10-5-4-6-16-10/h4-6,9,11,14H,7-8H2,1-3H3,(H,13,15). The Balaban J connectivity index is 2.46. The van der Waals surface area contributed by atoms with Crippen LogP contribution in [0.4, 0.5) is 0 Å². The summed E-state index contributed by atoms with van der Waals surface area (Å²) < 4.78 is 5.21. The number of amides is 1. The number of rotatable bonds is 6. The van der Waals surface area contributed by atoms with Gasteiger partial charge in [0.15, 0.2) is 0 Å². The van der Waals surface area contributed by atoms with Crippen LogP contribution in [0.15, 0.2) is 22.8 Å². The van der Waals surface area contributed by atoms with Crippen LogP contribution in [0, 0.1) is 5.92 Å². The summed E-state index contributed by atoms with van der Waals surface area (Å²) in [5, 5.41) is 5.87. The average Bonchev–Trinajstić information content (AvgIpc) is 2.75. The van der Waals surface area contributed by atoms with Gasteiger partial charge >= 0.3 is 0 Å². The minimum atomic E-state index is -0.157. The van der Waals surface area contributed by atoms with Crippen molar-refractivity contribution in [3.05, 3.63) is 24.2 Å². The van der Waals surface area contributed by atoms with E-state index in [9.17, 15) is 4.79 Å².